The third-order valence-corrected chi connectivity index (χ3v) is 5.27. The number of ether oxygens (including phenoxy) is 2. The normalized spacial score (nSPS) is 10.9. The van der Waals surface area contributed by atoms with Gasteiger partial charge in [-0.1, -0.05) is 0 Å². The van der Waals surface area contributed by atoms with Crippen LogP contribution in [0.3, 0.4) is 0 Å². The third-order valence-electron chi connectivity index (χ3n) is 2.87. The van der Waals surface area contributed by atoms with Crippen molar-refractivity contribution in [3.63, 3.8) is 0 Å². The van der Waals surface area contributed by atoms with Crippen LogP contribution in [0.15, 0.2) is 40.6 Å². The lowest BCUT2D eigenvalue weighted by Gasteiger charge is -2.07. The average molecular weight is 355 g/mol. The molecule has 1 N–H and O–H groups in total. The quantitative estimate of drug-likeness (QED) is 0.819. The van der Waals surface area contributed by atoms with Crippen molar-refractivity contribution in [3.8, 4) is 5.75 Å². The summed E-state index contributed by atoms with van der Waals surface area (Å²) < 4.78 is 36.0. The van der Waals surface area contributed by atoms with Gasteiger partial charge in [-0.2, -0.15) is 0 Å². The molecule has 2 aromatic rings. The Balaban J connectivity index is 2.25. The highest BCUT2D eigenvalue weighted by Gasteiger charge is 2.26. The van der Waals surface area contributed by atoms with Crippen LogP contribution in [0.2, 0.25) is 0 Å². The Kier molecular flexibility index (Phi) is 5.02. The molecule has 0 bridgehead atoms. The van der Waals surface area contributed by atoms with Crippen molar-refractivity contribution >= 4 is 33.2 Å². The first-order valence-corrected chi connectivity index (χ1v) is 8.62. The van der Waals surface area contributed by atoms with Gasteiger partial charge in [-0.25, -0.2) is 17.9 Å². The van der Waals surface area contributed by atoms with Crippen LogP contribution in [0, 0.1) is 0 Å². The SMILES string of the molecule is COC(=O)c1sccc1S(=O)(=O)NC(=O)c1ccc(OC)cc1. The summed E-state index contributed by atoms with van der Waals surface area (Å²) in [5.74, 6) is -1.05. The van der Waals surface area contributed by atoms with Crippen LogP contribution >= 0.6 is 11.3 Å². The molecule has 0 aliphatic carbocycles. The number of rotatable bonds is 5. The van der Waals surface area contributed by atoms with Gasteiger partial charge in [0.25, 0.3) is 15.9 Å². The van der Waals surface area contributed by atoms with Gasteiger partial charge in [-0.15, -0.1) is 11.3 Å². The summed E-state index contributed by atoms with van der Waals surface area (Å²) in [4.78, 5) is 23.2. The summed E-state index contributed by atoms with van der Waals surface area (Å²) in [5.41, 5.74) is 0.143. The van der Waals surface area contributed by atoms with Crippen molar-refractivity contribution in [2.24, 2.45) is 0 Å². The topological polar surface area (TPSA) is 98.8 Å². The summed E-state index contributed by atoms with van der Waals surface area (Å²) >= 11 is 0.915. The lowest BCUT2D eigenvalue weighted by atomic mass is 10.2. The van der Waals surface area contributed by atoms with Crippen LogP contribution in [0.1, 0.15) is 20.0 Å². The second-order valence-electron chi connectivity index (χ2n) is 4.27. The fourth-order valence-electron chi connectivity index (χ4n) is 1.73. The fraction of sp³-hybridized carbons (Fsp3) is 0.143. The Hall–Kier alpha value is -2.39. The maximum atomic E-state index is 12.3. The molecule has 0 aliphatic rings. The number of hydrogen-bond acceptors (Lipinski definition) is 7. The zero-order chi connectivity index (χ0) is 17.0. The maximum absolute atomic E-state index is 12.3. The first-order chi connectivity index (χ1) is 10.9. The van der Waals surface area contributed by atoms with Crippen LogP contribution in [0.4, 0.5) is 0 Å². The van der Waals surface area contributed by atoms with E-state index in [1.807, 2.05) is 4.72 Å². The maximum Gasteiger partial charge on any atom is 0.349 e. The van der Waals surface area contributed by atoms with E-state index in [-0.39, 0.29) is 15.3 Å². The molecule has 7 nitrogen and oxygen atoms in total. The second-order valence-corrected chi connectivity index (χ2v) is 6.84. The monoisotopic (exact) mass is 355 g/mol. The molecule has 23 heavy (non-hydrogen) atoms. The Morgan fingerprint density at radius 2 is 1.74 bits per heavy atom. The minimum Gasteiger partial charge on any atom is -0.497 e. The van der Waals surface area contributed by atoms with Gasteiger partial charge in [0, 0.05) is 5.56 Å². The van der Waals surface area contributed by atoms with E-state index in [0.29, 0.717) is 5.75 Å². The van der Waals surface area contributed by atoms with Gasteiger partial charge in [0.15, 0.2) is 0 Å². The molecule has 0 radical (unpaired) electrons. The van der Waals surface area contributed by atoms with Crippen LogP contribution in [-0.2, 0) is 14.8 Å². The van der Waals surface area contributed by atoms with E-state index in [9.17, 15) is 18.0 Å². The standard InChI is InChI=1S/C14H13NO6S2/c1-20-10-5-3-9(4-6-10)13(16)15-23(18,19)11-7-8-22-12(11)14(17)21-2/h3-8H,1-2H3,(H,15,16). The van der Waals surface area contributed by atoms with E-state index < -0.39 is 21.9 Å². The summed E-state index contributed by atoms with van der Waals surface area (Å²) in [7, 11) is -1.56. The minimum absolute atomic E-state index is 0.0949. The van der Waals surface area contributed by atoms with Crippen LogP contribution in [0.25, 0.3) is 0 Å². The van der Waals surface area contributed by atoms with Crippen molar-refractivity contribution in [3.05, 3.63) is 46.2 Å². The van der Waals surface area contributed by atoms with Crippen LogP contribution in [0.5, 0.6) is 5.75 Å². The number of thiophene rings is 1. The molecular formula is C14H13NO6S2. The first kappa shape index (κ1) is 17.0. The number of amides is 1. The van der Waals surface area contributed by atoms with E-state index >= 15 is 0 Å². The molecule has 0 aliphatic heterocycles. The fourth-order valence-corrected chi connectivity index (χ4v) is 4.04. The molecule has 1 aromatic carbocycles. The molecule has 0 atom stereocenters. The number of sulfonamides is 1. The molecule has 0 saturated heterocycles. The summed E-state index contributed by atoms with van der Waals surface area (Å²) in [6.45, 7) is 0. The highest BCUT2D eigenvalue weighted by molar-refractivity contribution is 7.90. The molecule has 0 saturated carbocycles. The van der Waals surface area contributed by atoms with E-state index in [2.05, 4.69) is 4.74 Å². The molecule has 2 rings (SSSR count). The zero-order valence-corrected chi connectivity index (χ0v) is 13.9. The molecule has 1 amide bonds. The van der Waals surface area contributed by atoms with E-state index in [0.717, 1.165) is 18.4 Å². The van der Waals surface area contributed by atoms with Gasteiger partial charge in [0.1, 0.15) is 15.5 Å². The largest absolute Gasteiger partial charge is 0.497 e. The second kappa shape index (κ2) is 6.80. The molecule has 0 fully saturated rings. The van der Waals surface area contributed by atoms with Gasteiger partial charge < -0.3 is 9.47 Å². The number of carbonyl (C=O) groups excluding carboxylic acids is 2. The molecule has 0 unspecified atom stereocenters. The summed E-state index contributed by atoms with van der Waals surface area (Å²) in [6, 6.07) is 7.16. The Labute approximate surface area is 136 Å². The van der Waals surface area contributed by atoms with Crippen molar-refractivity contribution in [2.45, 2.75) is 4.90 Å². The average Bonchev–Trinajstić information content (AvgIpc) is 3.04. The molecule has 1 heterocycles. The Morgan fingerprint density at radius 1 is 1.09 bits per heavy atom. The smallest absolute Gasteiger partial charge is 0.349 e. The number of hydrogen-bond donors (Lipinski definition) is 1. The molecule has 1 aromatic heterocycles. The van der Waals surface area contributed by atoms with E-state index in [1.54, 1.807) is 0 Å². The number of esters is 1. The number of carbonyl (C=O) groups is 2. The number of methoxy groups -OCH3 is 2. The predicted octanol–water partition coefficient (Wildman–Crippen LogP) is 1.66. The highest BCUT2D eigenvalue weighted by Crippen LogP contribution is 2.23. The molecule has 9 heteroatoms. The summed E-state index contributed by atoms with van der Waals surface area (Å²) in [6.07, 6.45) is 0. The van der Waals surface area contributed by atoms with Gasteiger partial charge in [0.2, 0.25) is 0 Å². The molecule has 122 valence electrons. The van der Waals surface area contributed by atoms with E-state index in [1.165, 1.54) is 42.8 Å². The predicted molar refractivity (Wildman–Crippen MR) is 83.3 cm³/mol. The van der Waals surface area contributed by atoms with Crippen molar-refractivity contribution in [1.82, 2.24) is 4.72 Å². The van der Waals surface area contributed by atoms with Crippen molar-refractivity contribution in [2.75, 3.05) is 14.2 Å². The first-order valence-electron chi connectivity index (χ1n) is 6.26. The lowest BCUT2D eigenvalue weighted by molar-refractivity contribution is 0.0602. The molecule has 0 spiro atoms. The number of benzene rings is 1. The Morgan fingerprint density at radius 3 is 2.30 bits per heavy atom. The lowest BCUT2D eigenvalue weighted by Crippen LogP contribution is -2.31. The van der Waals surface area contributed by atoms with Gasteiger partial charge in [-0.3, -0.25) is 4.79 Å². The van der Waals surface area contributed by atoms with Gasteiger partial charge in [0.05, 0.1) is 14.2 Å². The van der Waals surface area contributed by atoms with E-state index in [4.69, 9.17) is 4.74 Å². The molecular weight excluding hydrogens is 342 g/mol. The van der Waals surface area contributed by atoms with Crippen LogP contribution in [-0.4, -0.2) is 34.5 Å². The number of nitrogens with one attached hydrogen (secondary N) is 1. The van der Waals surface area contributed by atoms with Crippen molar-refractivity contribution < 1.29 is 27.5 Å². The minimum atomic E-state index is -4.19. The highest BCUT2D eigenvalue weighted by atomic mass is 32.2. The van der Waals surface area contributed by atoms with Gasteiger partial charge in [-0.05, 0) is 35.7 Å². The summed E-state index contributed by atoms with van der Waals surface area (Å²) in [5, 5.41) is 1.43. The Bertz CT molecular complexity index is 823. The van der Waals surface area contributed by atoms with Crippen LogP contribution < -0.4 is 9.46 Å². The van der Waals surface area contributed by atoms with Crippen molar-refractivity contribution in [1.29, 1.82) is 0 Å². The third kappa shape index (κ3) is 3.69. The van der Waals surface area contributed by atoms with Gasteiger partial charge >= 0.3 is 5.97 Å². The zero-order valence-electron chi connectivity index (χ0n) is 12.2.